The van der Waals surface area contributed by atoms with Gasteiger partial charge in [0.15, 0.2) is 11.6 Å². The first-order valence-electron chi connectivity index (χ1n) is 7.51. The van der Waals surface area contributed by atoms with E-state index in [1.807, 2.05) is 23.6 Å². The maximum Gasteiger partial charge on any atom is 0.226 e. The van der Waals surface area contributed by atoms with Crippen LogP contribution in [0, 0.1) is 5.92 Å². The molecule has 116 valence electrons. The van der Waals surface area contributed by atoms with Crippen LogP contribution in [0.1, 0.15) is 37.5 Å². The number of aromatic nitrogens is 3. The van der Waals surface area contributed by atoms with E-state index in [9.17, 15) is 4.79 Å². The average molecular weight is 310 g/mol. The first-order valence-corrected chi connectivity index (χ1v) is 8.67. The third kappa shape index (κ3) is 2.81. The van der Waals surface area contributed by atoms with Crippen molar-refractivity contribution in [1.82, 2.24) is 19.7 Å². The molecular weight excluding hydrogens is 288 g/mol. The van der Waals surface area contributed by atoms with Crippen molar-refractivity contribution in [3.8, 4) is 0 Å². The number of thioether (sulfide) groups is 1. The van der Waals surface area contributed by atoms with E-state index in [0.29, 0.717) is 12.5 Å². The second-order valence-corrected chi connectivity index (χ2v) is 6.88. The van der Waals surface area contributed by atoms with Gasteiger partial charge in [0.05, 0.1) is 6.04 Å². The van der Waals surface area contributed by atoms with Gasteiger partial charge in [-0.1, -0.05) is 0 Å². The fourth-order valence-electron chi connectivity index (χ4n) is 3.16. The molecule has 0 unspecified atom stereocenters. The summed E-state index contributed by atoms with van der Waals surface area (Å²) < 4.78 is 7.24. The maximum atomic E-state index is 12.7. The number of ether oxygens (including phenoxy) is 1. The minimum absolute atomic E-state index is 0.000985. The highest BCUT2D eigenvalue weighted by atomic mass is 32.2. The summed E-state index contributed by atoms with van der Waals surface area (Å²) in [6.45, 7) is 4.02. The van der Waals surface area contributed by atoms with Crippen molar-refractivity contribution in [3.63, 3.8) is 0 Å². The van der Waals surface area contributed by atoms with Crippen LogP contribution in [-0.4, -0.2) is 50.7 Å². The molecule has 0 spiro atoms. The lowest BCUT2D eigenvalue weighted by Gasteiger charge is -2.36. The van der Waals surface area contributed by atoms with Crippen LogP contribution < -0.4 is 0 Å². The molecule has 1 saturated heterocycles. The number of methoxy groups -OCH3 is 1. The normalized spacial score (nSPS) is 23.1. The van der Waals surface area contributed by atoms with Gasteiger partial charge in [-0.15, -0.1) is 10.2 Å². The number of amides is 1. The van der Waals surface area contributed by atoms with Crippen molar-refractivity contribution in [2.45, 2.75) is 39.0 Å². The van der Waals surface area contributed by atoms with Crippen molar-refractivity contribution in [3.05, 3.63) is 11.6 Å². The fraction of sp³-hybridized carbons (Fsp3) is 0.786. The largest absolute Gasteiger partial charge is 0.377 e. The van der Waals surface area contributed by atoms with Gasteiger partial charge in [0.25, 0.3) is 0 Å². The van der Waals surface area contributed by atoms with Crippen molar-refractivity contribution < 1.29 is 9.53 Å². The smallest absolute Gasteiger partial charge is 0.226 e. The van der Waals surface area contributed by atoms with Crippen molar-refractivity contribution in [1.29, 1.82) is 0 Å². The molecule has 1 fully saturated rings. The van der Waals surface area contributed by atoms with Gasteiger partial charge >= 0.3 is 0 Å². The topological polar surface area (TPSA) is 60.3 Å². The fourth-order valence-corrected chi connectivity index (χ4v) is 4.27. The predicted molar refractivity (Wildman–Crippen MR) is 80.9 cm³/mol. The van der Waals surface area contributed by atoms with Gasteiger partial charge in [0.2, 0.25) is 5.91 Å². The number of nitrogens with zero attached hydrogens (tertiary/aromatic N) is 4. The first-order chi connectivity index (χ1) is 10.2. The van der Waals surface area contributed by atoms with E-state index < -0.39 is 0 Å². The van der Waals surface area contributed by atoms with Crippen molar-refractivity contribution in [2.75, 3.05) is 25.2 Å². The summed E-state index contributed by atoms with van der Waals surface area (Å²) in [5.74, 6) is 4.43. The maximum absolute atomic E-state index is 12.7. The highest BCUT2D eigenvalue weighted by molar-refractivity contribution is 7.99. The lowest BCUT2D eigenvalue weighted by Crippen LogP contribution is -2.45. The summed E-state index contributed by atoms with van der Waals surface area (Å²) in [6, 6.07) is -0.000985. The third-order valence-corrected chi connectivity index (χ3v) is 5.44. The second kappa shape index (κ2) is 6.36. The van der Waals surface area contributed by atoms with E-state index in [0.717, 1.165) is 49.1 Å². The SMILES string of the molecule is COCc1nnc2n1CCN(C(=O)C1CCSCC1)[C@H]2C. The van der Waals surface area contributed by atoms with Crippen LogP contribution >= 0.6 is 11.8 Å². The number of hydrogen-bond donors (Lipinski definition) is 0. The standard InChI is InChI=1S/C14H22N4O2S/c1-10-13-16-15-12(9-20-2)18(13)6-5-17(10)14(19)11-3-7-21-8-4-11/h10-11H,3-9H2,1-2H3/t10-/m0/s1. The van der Waals surface area contributed by atoms with E-state index in [4.69, 9.17) is 4.74 Å². The molecule has 1 aromatic rings. The summed E-state index contributed by atoms with van der Waals surface area (Å²) in [4.78, 5) is 14.7. The number of rotatable bonds is 3. The van der Waals surface area contributed by atoms with Gasteiger partial charge in [-0.2, -0.15) is 11.8 Å². The van der Waals surface area contributed by atoms with Crippen LogP contribution in [0.25, 0.3) is 0 Å². The Labute approximate surface area is 129 Å². The summed E-state index contributed by atoms with van der Waals surface area (Å²) in [7, 11) is 1.66. The molecule has 7 heteroatoms. The second-order valence-electron chi connectivity index (χ2n) is 5.65. The Morgan fingerprint density at radius 3 is 2.81 bits per heavy atom. The Kier molecular flexibility index (Phi) is 4.49. The van der Waals surface area contributed by atoms with Crippen molar-refractivity contribution in [2.24, 2.45) is 5.92 Å². The van der Waals surface area contributed by atoms with E-state index in [1.54, 1.807) is 7.11 Å². The molecule has 6 nitrogen and oxygen atoms in total. The van der Waals surface area contributed by atoms with Crippen LogP contribution in [0.2, 0.25) is 0 Å². The monoisotopic (exact) mass is 310 g/mol. The molecular formula is C14H22N4O2S. The molecule has 3 rings (SSSR count). The third-order valence-electron chi connectivity index (χ3n) is 4.39. The van der Waals surface area contributed by atoms with Crippen LogP contribution in [0.15, 0.2) is 0 Å². The van der Waals surface area contributed by atoms with Gasteiger partial charge < -0.3 is 14.2 Å². The molecule has 1 aromatic heterocycles. The summed E-state index contributed by atoms with van der Waals surface area (Å²) >= 11 is 1.95. The van der Waals surface area contributed by atoms with Gasteiger partial charge in [0, 0.05) is 26.1 Å². The molecule has 0 aromatic carbocycles. The molecule has 0 aliphatic carbocycles. The zero-order valence-electron chi connectivity index (χ0n) is 12.6. The molecule has 2 aliphatic rings. The molecule has 3 heterocycles. The summed E-state index contributed by atoms with van der Waals surface area (Å²) in [6.07, 6.45) is 2.02. The summed E-state index contributed by atoms with van der Waals surface area (Å²) in [5, 5.41) is 8.46. The first kappa shape index (κ1) is 14.8. The molecule has 0 radical (unpaired) electrons. The Balaban J connectivity index is 1.75. The molecule has 0 saturated carbocycles. The van der Waals surface area contributed by atoms with Crippen LogP contribution in [0.3, 0.4) is 0 Å². The van der Waals surface area contributed by atoms with Gasteiger partial charge in [-0.05, 0) is 31.3 Å². The average Bonchev–Trinajstić information content (AvgIpc) is 2.92. The zero-order chi connectivity index (χ0) is 14.8. The summed E-state index contributed by atoms with van der Waals surface area (Å²) in [5.41, 5.74) is 0. The highest BCUT2D eigenvalue weighted by Crippen LogP contribution is 2.30. The quantitative estimate of drug-likeness (QED) is 0.846. The minimum atomic E-state index is -0.000985. The van der Waals surface area contributed by atoms with E-state index in [-0.39, 0.29) is 12.0 Å². The molecule has 0 bridgehead atoms. The minimum Gasteiger partial charge on any atom is -0.377 e. The Hall–Kier alpha value is -1.08. The van der Waals surface area contributed by atoms with Crippen molar-refractivity contribution >= 4 is 17.7 Å². The Bertz CT molecular complexity index is 513. The van der Waals surface area contributed by atoms with Gasteiger partial charge in [-0.3, -0.25) is 4.79 Å². The number of hydrogen-bond acceptors (Lipinski definition) is 5. The zero-order valence-corrected chi connectivity index (χ0v) is 13.4. The Morgan fingerprint density at radius 1 is 1.33 bits per heavy atom. The van der Waals surface area contributed by atoms with E-state index >= 15 is 0 Å². The van der Waals surface area contributed by atoms with E-state index in [2.05, 4.69) is 14.8 Å². The molecule has 1 amide bonds. The highest BCUT2D eigenvalue weighted by Gasteiger charge is 2.34. The molecule has 2 aliphatic heterocycles. The predicted octanol–water partition coefficient (Wildman–Crippen LogP) is 1.47. The number of carbonyl (C=O) groups is 1. The lowest BCUT2D eigenvalue weighted by molar-refractivity contribution is -0.139. The molecule has 1 atom stereocenters. The number of carbonyl (C=O) groups excluding carboxylic acids is 1. The molecule has 21 heavy (non-hydrogen) atoms. The van der Waals surface area contributed by atoms with E-state index in [1.165, 1.54) is 0 Å². The van der Waals surface area contributed by atoms with Gasteiger partial charge in [0.1, 0.15) is 6.61 Å². The number of fused-ring (bicyclic) bond motifs is 1. The Morgan fingerprint density at radius 2 is 2.10 bits per heavy atom. The van der Waals surface area contributed by atoms with Crippen LogP contribution in [-0.2, 0) is 22.7 Å². The molecule has 0 N–H and O–H groups in total. The lowest BCUT2D eigenvalue weighted by atomic mass is 9.99. The van der Waals surface area contributed by atoms with Crippen LogP contribution in [0.5, 0.6) is 0 Å². The van der Waals surface area contributed by atoms with Crippen LogP contribution in [0.4, 0.5) is 0 Å². The van der Waals surface area contributed by atoms with Gasteiger partial charge in [-0.25, -0.2) is 0 Å².